The number of hydrogen-bond donors (Lipinski definition) is 0. The molecule has 1 aromatic rings. The number of benzene rings is 1. The minimum absolute atomic E-state index is 0.627. The molecular formula is C7H5INW-. The van der Waals surface area contributed by atoms with E-state index in [2.05, 4.69) is 22.6 Å². The zero-order valence-corrected chi connectivity index (χ0v) is 10.2. The van der Waals surface area contributed by atoms with Crippen LogP contribution in [0.4, 0.5) is 5.69 Å². The third-order valence-corrected chi connectivity index (χ3v) is 2.51. The number of rotatable bonds is 1. The molecule has 0 saturated carbocycles. The summed E-state index contributed by atoms with van der Waals surface area (Å²) in [7, 11) is 0. The molecule has 0 saturated heterocycles. The van der Waals surface area contributed by atoms with E-state index in [4.69, 9.17) is 5.73 Å². The molecule has 0 radical (unpaired) electrons. The van der Waals surface area contributed by atoms with Gasteiger partial charge in [-0.05, 0) is 0 Å². The zero-order valence-electron chi connectivity index (χ0n) is 5.10. The van der Waals surface area contributed by atoms with Gasteiger partial charge in [0.05, 0.1) is 0 Å². The van der Waals surface area contributed by atoms with Crippen molar-refractivity contribution in [1.82, 2.24) is 0 Å². The van der Waals surface area contributed by atoms with Gasteiger partial charge in [-0.3, -0.25) is 0 Å². The summed E-state index contributed by atoms with van der Waals surface area (Å²) < 4.78 is 1.25. The van der Waals surface area contributed by atoms with Crippen LogP contribution in [0.15, 0.2) is 24.3 Å². The number of halogens is 1. The van der Waals surface area contributed by atoms with Crippen LogP contribution in [0.3, 0.4) is 0 Å². The van der Waals surface area contributed by atoms with Crippen LogP contribution in [0, 0.1) is 0 Å². The summed E-state index contributed by atoms with van der Waals surface area (Å²) in [6.07, 6.45) is 0. The molecule has 52 valence electrons. The third kappa shape index (κ3) is 1.89. The molecule has 1 nitrogen and oxygen atoms in total. The Morgan fingerprint density at radius 1 is 1.40 bits per heavy atom. The summed E-state index contributed by atoms with van der Waals surface area (Å²) in [5, 5.41) is 0. The Balaban J connectivity index is 3.15. The van der Waals surface area contributed by atoms with Crippen molar-refractivity contribution in [2.24, 2.45) is 0 Å². The van der Waals surface area contributed by atoms with E-state index in [9.17, 15) is 0 Å². The molecule has 10 heavy (non-hydrogen) atoms. The van der Waals surface area contributed by atoms with Crippen molar-refractivity contribution in [2.45, 2.75) is 0 Å². The maximum absolute atomic E-state index is 7.49. The molecule has 0 unspecified atom stereocenters. The van der Waals surface area contributed by atoms with E-state index in [1.165, 1.54) is 21.3 Å². The molecule has 1 rings (SSSR count). The van der Waals surface area contributed by atoms with E-state index < -0.39 is 0 Å². The van der Waals surface area contributed by atoms with Crippen LogP contribution in [-0.4, -0.2) is 1.90 Å². The predicted octanol–water partition coefficient (Wildman–Crippen LogP) is 2.83. The normalized spacial score (nSPS) is 9.30. The zero-order chi connectivity index (χ0) is 7.56. The summed E-state index contributed by atoms with van der Waals surface area (Å²) in [6, 6.07) is 7.66. The van der Waals surface area contributed by atoms with E-state index >= 15 is 0 Å². The van der Waals surface area contributed by atoms with Gasteiger partial charge in [0, 0.05) is 0 Å². The number of hydrogen-bond acceptors (Lipinski definition) is 0. The maximum atomic E-state index is 7.49. The van der Waals surface area contributed by atoms with Gasteiger partial charge in [-0.2, -0.15) is 0 Å². The number of nitrogens with one attached hydrogen (secondary N) is 1. The Morgan fingerprint density at radius 2 is 2.00 bits per heavy atom. The monoisotopic (exact) mass is 414 g/mol. The van der Waals surface area contributed by atoms with Crippen LogP contribution in [-0.2, 0) is 19.4 Å². The first-order chi connectivity index (χ1) is 4.72. The second kappa shape index (κ2) is 3.63. The second-order valence-electron chi connectivity index (χ2n) is 1.82. The fourth-order valence-electron chi connectivity index (χ4n) is 0.655. The Bertz CT molecular complexity index is 260. The van der Waals surface area contributed by atoms with Crippen LogP contribution in [0.1, 0.15) is 5.56 Å². The summed E-state index contributed by atoms with van der Waals surface area (Å²) in [5.74, 6) is 0. The molecule has 0 heterocycles. The van der Waals surface area contributed by atoms with Crippen molar-refractivity contribution < 1.29 is 19.4 Å². The predicted molar refractivity (Wildman–Crippen MR) is 48.6 cm³/mol. The Hall–Kier alpha value is 0.308. The molecule has 0 atom stereocenters. The van der Waals surface area contributed by atoms with Crippen molar-refractivity contribution in [3.63, 3.8) is 0 Å². The summed E-state index contributed by atoms with van der Waals surface area (Å²) in [6.45, 7) is 0. The summed E-state index contributed by atoms with van der Waals surface area (Å²) in [5.41, 5.74) is 9.18. The fraction of sp³-hybridized carbons (Fsp3) is 0. The molecule has 0 aromatic heterocycles. The van der Waals surface area contributed by atoms with Crippen molar-refractivity contribution in [2.75, 3.05) is 0 Å². The van der Waals surface area contributed by atoms with Gasteiger partial charge in [-0.25, -0.2) is 0 Å². The summed E-state index contributed by atoms with van der Waals surface area (Å²) in [4.78, 5) is 0. The van der Waals surface area contributed by atoms with Crippen LogP contribution in [0.25, 0.3) is 5.73 Å². The average molecular weight is 414 g/mol. The van der Waals surface area contributed by atoms with Crippen LogP contribution in [0.5, 0.6) is 0 Å². The van der Waals surface area contributed by atoms with Crippen LogP contribution in [0.2, 0.25) is 0 Å². The van der Waals surface area contributed by atoms with Gasteiger partial charge >= 0.3 is 85.1 Å². The van der Waals surface area contributed by atoms with E-state index in [-0.39, 0.29) is 0 Å². The Kier molecular flexibility index (Phi) is 3.05. The molecule has 0 aliphatic heterocycles. The van der Waals surface area contributed by atoms with Gasteiger partial charge in [0.15, 0.2) is 0 Å². The molecular weight excluding hydrogens is 409 g/mol. The van der Waals surface area contributed by atoms with Crippen molar-refractivity contribution in [3.8, 4) is 0 Å². The van der Waals surface area contributed by atoms with Gasteiger partial charge < -0.3 is 0 Å². The first kappa shape index (κ1) is 8.41. The van der Waals surface area contributed by atoms with Crippen LogP contribution >= 0.6 is 22.6 Å². The van der Waals surface area contributed by atoms with Gasteiger partial charge in [0.1, 0.15) is 0 Å². The Labute approximate surface area is 84.6 Å². The summed E-state index contributed by atoms with van der Waals surface area (Å²) >= 11 is 3.69. The average Bonchev–Trinajstić information content (AvgIpc) is 1.88. The molecule has 0 amide bonds. The van der Waals surface area contributed by atoms with Gasteiger partial charge in [-0.1, -0.05) is 0 Å². The topological polar surface area (TPSA) is 23.8 Å². The van der Waals surface area contributed by atoms with E-state index in [1.807, 2.05) is 24.3 Å². The molecule has 0 fully saturated rings. The van der Waals surface area contributed by atoms with Gasteiger partial charge in [0.2, 0.25) is 0 Å². The Morgan fingerprint density at radius 3 is 2.40 bits per heavy atom. The van der Waals surface area contributed by atoms with Gasteiger partial charge in [-0.15, -0.1) is 0 Å². The minimum atomic E-state index is 0.627. The van der Waals surface area contributed by atoms with E-state index in [1.54, 1.807) is 0 Å². The van der Waals surface area contributed by atoms with E-state index in [0.29, 0.717) is 5.69 Å². The van der Waals surface area contributed by atoms with Crippen molar-refractivity contribution in [1.29, 1.82) is 0 Å². The third-order valence-electron chi connectivity index (χ3n) is 1.14. The molecule has 0 bridgehead atoms. The molecule has 1 aromatic carbocycles. The van der Waals surface area contributed by atoms with Crippen molar-refractivity contribution in [3.05, 3.63) is 35.6 Å². The first-order valence-corrected chi connectivity index (χ1v) is 5.27. The molecule has 1 N–H and O–H groups in total. The molecule has 0 aliphatic rings. The molecule has 3 heteroatoms. The fourth-order valence-corrected chi connectivity index (χ4v) is 1.76. The SMILES string of the molecule is [NH-]c1ccccc1[C](I)=[W]. The van der Waals surface area contributed by atoms with Crippen molar-refractivity contribution >= 4 is 30.2 Å². The first-order valence-electron chi connectivity index (χ1n) is 2.72. The quantitative estimate of drug-likeness (QED) is 0.632. The van der Waals surface area contributed by atoms with Crippen LogP contribution < -0.4 is 0 Å². The van der Waals surface area contributed by atoms with Gasteiger partial charge in [0.25, 0.3) is 0 Å². The molecule has 0 aliphatic carbocycles. The standard InChI is InChI=1S/C7H5IN.W/c8-5-6-3-1-2-4-7(6)9;/h1-4,9H;/q-1;. The van der Waals surface area contributed by atoms with E-state index in [0.717, 1.165) is 5.56 Å². The second-order valence-corrected chi connectivity index (χ2v) is 7.25. The molecule has 0 spiro atoms.